The summed E-state index contributed by atoms with van der Waals surface area (Å²) in [5, 5.41) is 3.44. The van der Waals surface area contributed by atoms with Gasteiger partial charge in [0.05, 0.1) is 5.69 Å². The van der Waals surface area contributed by atoms with Crippen molar-refractivity contribution in [3.05, 3.63) is 53.7 Å². The molecule has 2 aromatic rings. The quantitative estimate of drug-likeness (QED) is 0.904. The molecule has 20 heavy (non-hydrogen) atoms. The van der Waals surface area contributed by atoms with E-state index in [0.717, 1.165) is 6.54 Å². The minimum Gasteiger partial charge on any atom is -0.438 e. The number of rotatable bonds is 2. The van der Waals surface area contributed by atoms with Gasteiger partial charge < -0.3 is 14.6 Å². The molecule has 1 aliphatic heterocycles. The van der Waals surface area contributed by atoms with Crippen molar-refractivity contribution in [2.75, 3.05) is 19.6 Å². The van der Waals surface area contributed by atoms with E-state index in [9.17, 15) is 4.79 Å². The summed E-state index contributed by atoms with van der Waals surface area (Å²) >= 11 is 0. The van der Waals surface area contributed by atoms with E-state index in [1.54, 1.807) is 6.92 Å². The summed E-state index contributed by atoms with van der Waals surface area (Å²) < 4.78 is 5.20. The summed E-state index contributed by atoms with van der Waals surface area (Å²) in [7, 11) is 0. The Hall–Kier alpha value is -2.14. The fourth-order valence-corrected chi connectivity index (χ4v) is 2.49. The number of piperazine rings is 1. The number of benzene rings is 1. The number of oxazole rings is 1. The van der Waals surface area contributed by atoms with Crippen molar-refractivity contribution in [3.63, 3.8) is 0 Å². The Morgan fingerprint density at radius 3 is 2.90 bits per heavy atom. The van der Waals surface area contributed by atoms with Gasteiger partial charge in [-0.25, -0.2) is 4.98 Å². The third kappa shape index (κ3) is 2.44. The van der Waals surface area contributed by atoms with Gasteiger partial charge in [-0.3, -0.25) is 4.79 Å². The maximum Gasteiger partial charge on any atom is 0.291 e. The van der Waals surface area contributed by atoms with Crippen LogP contribution in [0.15, 0.2) is 41.1 Å². The van der Waals surface area contributed by atoms with E-state index in [-0.39, 0.29) is 11.9 Å². The maximum atomic E-state index is 12.4. The number of nitrogens with one attached hydrogen (secondary N) is 1. The number of nitrogens with zero attached hydrogens (tertiary/aromatic N) is 2. The van der Waals surface area contributed by atoms with Crippen molar-refractivity contribution in [2.45, 2.75) is 13.0 Å². The molecule has 1 aromatic heterocycles. The molecule has 2 heterocycles. The summed E-state index contributed by atoms with van der Waals surface area (Å²) in [6, 6.07) is 10.3. The first-order valence-corrected chi connectivity index (χ1v) is 6.73. The lowest BCUT2D eigenvalue weighted by Crippen LogP contribution is -2.48. The molecule has 0 radical (unpaired) electrons. The van der Waals surface area contributed by atoms with Crippen LogP contribution in [-0.4, -0.2) is 35.4 Å². The molecule has 5 heteroatoms. The monoisotopic (exact) mass is 271 g/mol. The van der Waals surface area contributed by atoms with Crippen molar-refractivity contribution in [3.8, 4) is 0 Å². The molecule has 1 saturated heterocycles. The van der Waals surface area contributed by atoms with Crippen LogP contribution in [0.3, 0.4) is 0 Å². The minimum atomic E-state index is -0.0811. The molecule has 1 amide bonds. The van der Waals surface area contributed by atoms with Crippen molar-refractivity contribution in [1.29, 1.82) is 0 Å². The average molecular weight is 271 g/mol. The lowest BCUT2D eigenvalue weighted by Gasteiger charge is -2.33. The van der Waals surface area contributed by atoms with Gasteiger partial charge in [0.2, 0.25) is 5.76 Å². The number of aromatic nitrogens is 1. The summed E-state index contributed by atoms with van der Waals surface area (Å²) in [6.45, 7) is 3.89. The summed E-state index contributed by atoms with van der Waals surface area (Å²) in [5.41, 5.74) is 1.84. The Balaban J connectivity index is 1.76. The van der Waals surface area contributed by atoms with Crippen molar-refractivity contribution in [1.82, 2.24) is 15.2 Å². The van der Waals surface area contributed by atoms with Gasteiger partial charge in [0.25, 0.3) is 5.91 Å². The lowest BCUT2D eigenvalue weighted by molar-refractivity contribution is 0.0670. The second-order valence-electron chi connectivity index (χ2n) is 4.94. The van der Waals surface area contributed by atoms with E-state index in [2.05, 4.69) is 22.4 Å². The SMILES string of the molecule is Cc1ncoc1C(=O)N1CCN[C@H](c2ccccc2)C1. The first kappa shape index (κ1) is 12.9. The second-order valence-corrected chi connectivity index (χ2v) is 4.94. The maximum absolute atomic E-state index is 12.4. The highest BCUT2D eigenvalue weighted by molar-refractivity contribution is 5.92. The predicted molar refractivity (Wildman–Crippen MR) is 74.3 cm³/mol. The fraction of sp³-hybridized carbons (Fsp3) is 0.333. The summed E-state index contributed by atoms with van der Waals surface area (Å²) in [5.74, 6) is 0.265. The second kappa shape index (κ2) is 5.46. The Bertz CT molecular complexity index is 594. The Morgan fingerprint density at radius 1 is 1.40 bits per heavy atom. The number of carbonyl (C=O) groups excluding carboxylic acids is 1. The minimum absolute atomic E-state index is 0.0811. The fourth-order valence-electron chi connectivity index (χ4n) is 2.49. The van der Waals surface area contributed by atoms with Gasteiger partial charge in [0.15, 0.2) is 6.39 Å². The van der Waals surface area contributed by atoms with Gasteiger partial charge in [-0.2, -0.15) is 0 Å². The van der Waals surface area contributed by atoms with Gasteiger partial charge >= 0.3 is 0 Å². The molecule has 0 spiro atoms. The zero-order valence-corrected chi connectivity index (χ0v) is 11.4. The number of amides is 1. The third-order valence-electron chi connectivity index (χ3n) is 3.60. The zero-order chi connectivity index (χ0) is 13.9. The lowest BCUT2D eigenvalue weighted by atomic mass is 10.0. The zero-order valence-electron chi connectivity index (χ0n) is 11.4. The molecule has 1 N–H and O–H groups in total. The molecule has 5 nitrogen and oxygen atoms in total. The smallest absolute Gasteiger partial charge is 0.291 e. The van der Waals surface area contributed by atoms with Crippen LogP contribution in [-0.2, 0) is 0 Å². The van der Waals surface area contributed by atoms with Crippen LogP contribution in [0.2, 0.25) is 0 Å². The molecule has 3 rings (SSSR count). The highest BCUT2D eigenvalue weighted by Crippen LogP contribution is 2.19. The summed E-state index contributed by atoms with van der Waals surface area (Å²) in [4.78, 5) is 18.2. The Morgan fingerprint density at radius 2 is 2.20 bits per heavy atom. The molecular formula is C15H17N3O2. The summed E-state index contributed by atoms with van der Waals surface area (Å²) in [6.07, 6.45) is 1.32. The van der Waals surface area contributed by atoms with E-state index in [1.165, 1.54) is 12.0 Å². The molecule has 1 fully saturated rings. The van der Waals surface area contributed by atoms with Crippen molar-refractivity contribution < 1.29 is 9.21 Å². The van der Waals surface area contributed by atoms with Gasteiger partial charge in [-0.1, -0.05) is 30.3 Å². The van der Waals surface area contributed by atoms with E-state index in [1.807, 2.05) is 23.1 Å². The highest BCUT2D eigenvalue weighted by Gasteiger charge is 2.27. The number of hydrogen-bond donors (Lipinski definition) is 1. The molecule has 1 aromatic carbocycles. The van der Waals surface area contributed by atoms with Crippen LogP contribution >= 0.6 is 0 Å². The van der Waals surface area contributed by atoms with Crippen LogP contribution in [0, 0.1) is 6.92 Å². The molecule has 0 saturated carbocycles. The standard InChI is InChI=1S/C15H17N3O2/c1-11-14(20-10-17-11)15(19)18-8-7-16-13(9-18)12-5-3-2-4-6-12/h2-6,10,13,16H,7-9H2,1H3/t13-/m0/s1. The highest BCUT2D eigenvalue weighted by atomic mass is 16.3. The van der Waals surface area contributed by atoms with Crippen LogP contribution < -0.4 is 5.32 Å². The number of aryl methyl sites for hydroxylation is 1. The molecule has 1 aliphatic rings. The van der Waals surface area contributed by atoms with E-state index in [4.69, 9.17) is 4.42 Å². The topological polar surface area (TPSA) is 58.4 Å². The molecule has 1 atom stereocenters. The molecule has 0 bridgehead atoms. The van der Waals surface area contributed by atoms with Crippen LogP contribution in [0.1, 0.15) is 27.9 Å². The first-order valence-electron chi connectivity index (χ1n) is 6.73. The van der Waals surface area contributed by atoms with Crippen LogP contribution in [0.25, 0.3) is 0 Å². The molecule has 0 aliphatic carbocycles. The van der Waals surface area contributed by atoms with Gasteiger partial charge in [-0.05, 0) is 12.5 Å². The van der Waals surface area contributed by atoms with Gasteiger partial charge in [-0.15, -0.1) is 0 Å². The number of hydrogen-bond acceptors (Lipinski definition) is 4. The first-order chi connectivity index (χ1) is 9.75. The van der Waals surface area contributed by atoms with E-state index >= 15 is 0 Å². The van der Waals surface area contributed by atoms with Gasteiger partial charge in [0, 0.05) is 25.7 Å². The molecule has 104 valence electrons. The van der Waals surface area contributed by atoms with Crippen molar-refractivity contribution in [2.24, 2.45) is 0 Å². The Kier molecular flexibility index (Phi) is 3.52. The van der Waals surface area contributed by atoms with E-state index in [0.29, 0.717) is 24.5 Å². The van der Waals surface area contributed by atoms with E-state index < -0.39 is 0 Å². The van der Waals surface area contributed by atoms with Gasteiger partial charge in [0.1, 0.15) is 0 Å². The number of carbonyl (C=O) groups is 1. The molecular weight excluding hydrogens is 254 g/mol. The largest absolute Gasteiger partial charge is 0.438 e. The van der Waals surface area contributed by atoms with Crippen LogP contribution in [0.4, 0.5) is 0 Å². The Labute approximate surface area is 117 Å². The normalized spacial score (nSPS) is 19.1. The third-order valence-corrected chi connectivity index (χ3v) is 3.60. The predicted octanol–water partition coefficient (Wildman–Crippen LogP) is 1.77. The average Bonchev–Trinajstić information content (AvgIpc) is 2.94. The van der Waals surface area contributed by atoms with Crippen molar-refractivity contribution >= 4 is 5.91 Å². The van der Waals surface area contributed by atoms with Crippen LogP contribution in [0.5, 0.6) is 0 Å². The molecule has 0 unspecified atom stereocenters.